The molecule has 2 fully saturated rings. The number of carbonyl (C=O) groups is 4. The molecule has 0 bridgehead atoms. The Kier molecular flexibility index (Phi) is 32.6. The molecule has 0 spiro atoms. The van der Waals surface area contributed by atoms with E-state index in [4.69, 9.17) is 43.7 Å². The molecule has 4 aromatic rings. The first-order valence-electron chi connectivity index (χ1n) is 27.2. The van der Waals surface area contributed by atoms with Crippen LogP contribution in [0, 0.1) is 37.4 Å². The zero-order chi connectivity index (χ0) is 60.9. The highest BCUT2D eigenvalue weighted by molar-refractivity contribution is 6.06. The summed E-state index contributed by atoms with van der Waals surface area (Å²) in [7, 11) is 1.64. The Morgan fingerprint density at radius 1 is 0.625 bits per heavy atom. The lowest BCUT2D eigenvalue weighted by molar-refractivity contribution is -0.142. The zero-order valence-corrected chi connectivity index (χ0v) is 51.2. The van der Waals surface area contributed by atoms with E-state index in [2.05, 4.69) is 15.9 Å². The van der Waals surface area contributed by atoms with E-state index in [9.17, 15) is 28.4 Å². The van der Waals surface area contributed by atoms with Crippen molar-refractivity contribution in [3.63, 3.8) is 0 Å². The summed E-state index contributed by atoms with van der Waals surface area (Å²) in [5.41, 5.74) is -0.160. The van der Waals surface area contributed by atoms with Crippen LogP contribution in [0.15, 0.2) is 68.6 Å². The third-order valence-electron chi connectivity index (χ3n) is 11.3. The number of ether oxygens (including phenoxy) is 6. The molecule has 2 aliphatic rings. The van der Waals surface area contributed by atoms with Crippen LogP contribution in [0.1, 0.15) is 152 Å². The van der Waals surface area contributed by atoms with Gasteiger partial charge in [-0.3, -0.25) is 29.0 Å². The van der Waals surface area contributed by atoms with Crippen LogP contribution in [-0.4, -0.2) is 135 Å². The molecule has 19 nitrogen and oxygen atoms in total. The third kappa shape index (κ3) is 27.9. The number of aryl methyl sites for hydroxylation is 2. The zero-order valence-electron chi connectivity index (χ0n) is 51.2. The maximum absolute atomic E-state index is 13.3. The summed E-state index contributed by atoms with van der Waals surface area (Å²) < 4.78 is 57.2. The highest BCUT2D eigenvalue weighted by atomic mass is 19.1. The van der Waals surface area contributed by atoms with Gasteiger partial charge in [0, 0.05) is 43.4 Å². The van der Waals surface area contributed by atoms with Crippen LogP contribution in [0.2, 0.25) is 0 Å². The topological polar surface area (TPSA) is 207 Å². The van der Waals surface area contributed by atoms with E-state index in [0.717, 1.165) is 11.5 Å². The molecular weight excluding hydrogens is 1030 g/mol. The van der Waals surface area contributed by atoms with E-state index < -0.39 is 11.0 Å². The van der Waals surface area contributed by atoms with Crippen molar-refractivity contribution >= 4 is 23.8 Å². The lowest BCUT2D eigenvalue weighted by Gasteiger charge is -2.22. The first kappa shape index (κ1) is 71.9. The number of hydrogen-bond acceptors (Lipinski definition) is 15. The maximum Gasteiger partial charge on any atom is 0.327 e. The predicted octanol–water partition coefficient (Wildman–Crippen LogP) is 10.1. The van der Waals surface area contributed by atoms with Gasteiger partial charge in [0.15, 0.2) is 0 Å². The van der Waals surface area contributed by atoms with Gasteiger partial charge in [-0.25, -0.2) is 19.2 Å². The maximum atomic E-state index is 13.3. The Balaban J connectivity index is 0.000000482. The summed E-state index contributed by atoms with van der Waals surface area (Å²) in [5, 5.41) is 0. The van der Waals surface area contributed by atoms with Gasteiger partial charge in [-0.05, 0) is 129 Å². The molecule has 0 unspecified atom stereocenters. The van der Waals surface area contributed by atoms with Gasteiger partial charge in [-0.2, -0.15) is 0 Å². The van der Waals surface area contributed by atoms with E-state index >= 15 is 0 Å². The molecule has 5 heterocycles. The van der Waals surface area contributed by atoms with Gasteiger partial charge >= 0.3 is 6.03 Å². The molecule has 20 heteroatoms. The van der Waals surface area contributed by atoms with E-state index in [1.54, 1.807) is 82.2 Å². The molecule has 0 N–H and O–H groups in total. The Labute approximate surface area is 475 Å². The Morgan fingerprint density at radius 2 is 1.07 bits per heavy atom. The number of halogens is 1. The molecule has 3 aromatic heterocycles. The third-order valence-corrected chi connectivity index (χ3v) is 11.3. The van der Waals surface area contributed by atoms with Gasteiger partial charge in [0.1, 0.15) is 36.1 Å². The van der Waals surface area contributed by atoms with Gasteiger partial charge in [-0.1, -0.05) is 31.9 Å². The number of aromatic nitrogens is 3. The molecule has 5 amide bonds. The summed E-state index contributed by atoms with van der Waals surface area (Å²) in [6.45, 7) is 38.2. The van der Waals surface area contributed by atoms with Crippen LogP contribution in [0.3, 0.4) is 0 Å². The van der Waals surface area contributed by atoms with Gasteiger partial charge in [0.25, 0.3) is 11.5 Å². The van der Waals surface area contributed by atoms with E-state index in [1.165, 1.54) is 20.8 Å². The lowest BCUT2D eigenvalue weighted by atomic mass is 9.92. The molecule has 2 aliphatic heterocycles. The fourth-order valence-electron chi connectivity index (χ4n) is 6.65. The molecule has 0 aliphatic carbocycles. The number of imide groups is 2. The van der Waals surface area contributed by atoms with Crippen molar-refractivity contribution in [1.82, 2.24) is 29.2 Å². The van der Waals surface area contributed by atoms with Crippen molar-refractivity contribution in [1.29, 1.82) is 0 Å². The smallest absolute Gasteiger partial charge is 0.327 e. The SMILES string of the molecule is C#Cc1ccc(COC(C)C)c(F)c1.CC(C)OCCN1C(=O)CC(C)(C)C1=O.CC(C)OCCN1C(=O)N(C)C(C)(C)C1=O.CC(C)OCCn1ccccc1=O.Cc1cnc(COC(C)C)o1.Cc1cnc(COC(C)C)o1. The Bertz CT molecular complexity index is 2510. The van der Waals surface area contributed by atoms with Crippen molar-refractivity contribution in [3.05, 3.63) is 106 Å². The largest absolute Gasteiger partial charge is 0.443 e. The fraction of sp³-hybridized carbons (Fsp3) is 0.617. The summed E-state index contributed by atoms with van der Waals surface area (Å²) >= 11 is 0. The number of oxazole rings is 2. The van der Waals surface area contributed by atoms with Crippen LogP contribution < -0.4 is 5.56 Å². The number of amides is 5. The van der Waals surface area contributed by atoms with Crippen molar-refractivity contribution < 1.29 is 60.8 Å². The van der Waals surface area contributed by atoms with Gasteiger partial charge in [-0.15, -0.1) is 6.42 Å². The van der Waals surface area contributed by atoms with Crippen molar-refractivity contribution in [3.8, 4) is 12.3 Å². The number of rotatable bonds is 21. The number of hydrogen-bond donors (Lipinski definition) is 0. The van der Waals surface area contributed by atoms with Gasteiger partial charge in [0.05, 0.1) is 93.9 Å². The Morgan fingerprint density at radius 3 is 1.44 bits per heavy atom. The van der Waals surface area contributed by atoms with Crippen molar-refractivity contribution in [2.24, 2.45) is 5.41 Å². The summed E-state index contributed by atoms with van der Waals surface area (Å²) in [4.78, 5) is 70.2. The van der Waals surface area contributed by atoms with Crippen LogP contribution in [0.25, 0.3) is 0 Å². The molecule has 0 radical (unpaired) electrons. The molecule has 1 aromatic carbocycles. The van der Waals surface area contributed by atoms with E-state index in [0.29, 0.717) is 82.0 Å². The lowest BCUT2D eigenvalue weighted by Crippen LogP contribution is -2.41. The monoisotopic (exact) mass is 1120 g/mol. The summed E-state index contributed by atoms with van der Waals surface area (Å²) in [6.07, 6.45) is 11.6. The number of likely N-dealkylation sites (tertiary alicyclic amines) is 1. The first-order valence-corrected chi connectivity index (χ1v) is 27.2. The minimum absolute atomic E-state index is 0.0230. The Hall–Kier alpha value is -6.08. The predicted molar refractivity (Wildman–Crippen MR) is 305 cm³/mol. The molecule has 2 saturated heterocycles. The number of nitrogens with zero attached hydrogens (tertiary/aromatic N) is 6. The number of likely N-dealkylation sites (N-methyl/N-ethyl adjacent to an activating group) is 1. The number of pyridine rings is 1. The average Bonchev–Trinajstić information content (AvgIpc) is 4.08. The molecule has 448 valence electrons. The highest BCUT2D eigenvalue weighted by Crippen LogP contribution is 2.31. The number of carbonyl (C=O) groups excluding carboxylic acids is 4. The quantitative estimate of drug-likeness (QED) is 0.0432. The average molecular weight is 1130 g/mol. The van der Waals surface area contributed by atoms with Gasteiger partial charge in [0.2, 0.25) is 23.6 Å². The van der Waals surface area contributed by atoms with E-state index in [1.807, 2.05) is 103 Å². The summed E-state index contributed by atoms with van der Waals surface area (Å²) in [5.74, 6) is 4.70. The van der Waals surface area contributed by atoms with Crippen molar-refractivity contribution in [2.75, 3.05) is 40.0 Å². The molecule has 0 atom stereocenters. The van der Waals surface area contributed by atoms with Crippen LogP contribution in [0.4, 0.5) is 9.18 Å². The first-order chi connectivity index (χ1) is 37.3. The second-order valence-electron chi connectivity index (χ2n) is 21.5. The van der Waals surface area contributed by atoms with E-state index in [-0.39, 0.29) is 78.4 Å². The standard InChI is InChI=1S/C12H13FO.C11H20N2O3.C11H19NO3.C10H15NO2.2C8H13NO2/c1-4-10-5-6-11(12(13)7-10)8-14-9(2)3;1-8(2)16-7-6-13-9(14)11(3,4)12(5)10(13)15;1-8(2)15-6-5-12-9(13)7-11(3,4)10(12)14;1-9(2)13-8-7-11-6-4-3-5-10(11)12;2*1-6(2)10-5-8-9-4-7(3)11-8/h1,5-7,9H,8H2,2-3H3;8H,6-7H2,1-5H3;8H,5-7H2,1-4H3;3-6,9H,7-8H2,1-2H3;2*4,6H,5H2,1-3H3. The van der Waals surface area contributed by atoms with Crippen LogP contribution >= 0.6 is 0 Å². The molecule has 0 saturated carbocycles. The molecule has 80 heavy (non-hydrogen) atoms. The fourth-order valence-corrected chi connectivity index (χ4v) is 6.65. The van der Waals surface area contributed by atoms with Gasteiger partial charge < -0.3 is 46.7 Å². The van der Waals surface area contributed by atoms with Crippen LogP contribution in [-0.2, 0) is 69.2 Å². The number of urea groups is 1. The summed E-state index contributed by atoms with van der Waals surface area (Å²) in [6, 6.07) is 9.60. The number of benzene rings is 1. The second kappa shape index (κ2) is 36.3. The highest BCUT2D eigenvalue weighted by Gasteiger charge is 2.49. The normalized spacial score (nSPS) is 14.4. The van der Waals surface area contributed by atoms with Crippen molar-refractivity contribution in [2.45, 2.75) is 200 Å². The molecular formula is C60H93FN6O13. The number of terminal acetylenes is 1. The minimum atomic E-state index is -0.741. The van der Waals surface area contributed by atoms with Crippen LogP contribution in [0.5, 0.6) is 0 Å². The molecule has 6 rings (SSSR count). The minimum Gasteiger partial charge on any atom is -0.443 e. The second-order valence-corrected chi connectivity index (χ2v) is 21.5.